The number of benzene rings is 1. The molecule has 19 heavy (non-hydrogen) atoms. The van der Waals surface area contributed by atoms with Gasteiger partial charge in [-0.3, -0.25) is 0 Å². The van der Waals surface area contributed by atoms with Crippen molar-refractivity contribution in [3.8, 4) is 5.75 Å². The number of thiazole rings is 1. The van der Waals surface area contributed by atoms with Crippen LogP contribution in [0.25, 0.3) is 0 Å². The second kappa shape index (κ2) is 7.51. The second-order valence-electron chi connectivity index (χ2n) is 4.32. The molecular formula is C15H18ClNOS. The zero-order valence-corrected chi connectivity index (χ0v) is 12.6. The van der Waals surface area contributed by atoms with Gasteiger partial charge in [0.05, 0.1) is 23.2 Å². The van der Waals surface area contributed by atoms with E-state index in [2.05, 4.69) is 24.0 Å². The molecule has 102 valence electrons. The van der Waals surface area contributed by atoms with E-state index in [0.29, 0.717) is 5.88 Å². The molecule has 2 nitrogen and oxygen atoms in total. The third kappa shape index (κ3) is 4.51. The van der Waals surface area contributed by atoms with Gasteiger partial charge in [0.1, 0.15) is 5.75 Å². The summed E-state index contributed by atoms with van der Waals surface area (Å²) in [5, 5.41) is 3.16. The summed E-state index contributed by atoms with van der Waals surface area (Å²) in [6.45, 7) is 2.88. The lowest BCUT2D eigenvalue weighted by atomic mass is 10.2. The van der Waals surface area contributed by atoms with Gasteiger partial charge in [-0.1, -0.05) is 19.1 Å². The lowest BCUT2D eigenvalue weighted by Gasteiger charge is -2.06. The van der Waals surface area contributed by atoms with Crippen LogP contribution in [0.3, 0.4) is 0 Å². The number of hydrogen-bond donors (Lipinski definition) is 0. The fourth-order valence-electron chi connectivity index (χ4n) is 1.76. The highest BCUT2D eigenvalue weighted by molar-refractivity contribution is 7.09. The molecule has 1 heterocycles. The Balaban J connectivity index is 1.71. The molecular weight excluding hydrogens is 278 g/mol. The van der Waals surface area contributed by atoms with E-state index in [4.69, 9.17) is 16.3 Å². The van der Waals surface area contributed by atoms with Gasteiger partial charge in [0.25, 0.3) is 0 Å². The fraction of sp³-hybridized carbons (Fsp3) is 0.400. The van der Waals surface area contributed by atoms with Crippen molar-refractivity contribution in [2.45, 2.75) is 32.1 Å². The molecule has 0 aliphatic heterocycles. The van der Waals surface area contributed by atoms with Crippen LogP contribution in [-0.4, -0.2) is 11.6 Å². The highest BCUT2D eigenvalue weighted by Crippen LogP contribution is 2.15. The SMILES string of the molecule is CCc1ccc(OCCCc2nc(CCl)cs2)cc1. The minimum absolute atomic E-state index is 0.497. The van der Waals surface area contributed by atoms with Crippen molar-refractivity contribution in [2.75, 3.05) is 6.61 Å². The molecule has 0 saturated heterocycles. The minimum atomic E-state index is 0.497. The molecule has 2 aromatic rings. The first-order valence-corrected chi connectivity index (χ1v) is 7.94. The molecule has 1 aromatic carbocycles. The molecule has 4 heteroatoms. The first-order chi connectivity index (χ1) is 9.31. The molecule has 0 saturated carbocycles. The number of aryl methyl sites for hydroxylation is 2. The molecule has 0 atom stereocenters. The standard InChI is InChI=1S/C15H18ClNOS/c1-2-12-5-7-14(8-6-12)18-9-3-4-15-17-13(10-16)11-19-15/h5-8,11H,2-4,9-10H2,1H3. The fourth-order valence-corrected chi connectivity index (χ4v) is 2.83. The Labute approximate surface area is 123 Å². The molecule has 0 aliphatic carbocycles. The summed E-state index contributed by atoms with van der Waals surface area (Å²) < 4.78 is 5.71. The molecule has 1 aromatic heterocycles. The van der Waals surface area contributed by atoms with Gasteiger partial charge in [-0.05, 0) is 30.5 Å². The summed E-state index contributed by atoms with van der Waals surface area (Å²) in [6.07, 6.45) is 2.99. The molecule has 0 fully saturated rings. The minimum Gasteiger partial charge on any atom is -0.494 e. The average molecular weight is 296 g/mol. The van der Waals surface area contributed by atoms with Crippen LogP contribution in [0.1, 0.15) is 29.6 Å². The van der Waals surface area contributed by atoms with E-state index >= 15 is 0 Å². The topological polar surface area (TPSA) is 22.1 Å². The van der Waals surface area contributed by atoms with Gasteiger partial charge in [-0.25, -0.2) is 4.98 Å². The highest BCUT2D eigenvalue weighted by Gasteiger charge is 2.01. The van der Waals surface area contributed by atoms with Gasteiger partial charge in [-0.15, -0.1) is 22.9 Å². The smallest absolute Gasteiger partial charge is 0.119 e. The van der Waals surface area contributed by atoms with Crippen molar-refractivity contribution >= 4 is 22.9 Å². The zero-order chi connectivity index (χ0) is 13.5. The summed E-state index contributed by atoms with van der Waals surface area (Å²) in [7, 11) is 0. The Bertz CT molecular complexity index is 495. The van der Waals surface area contributed by atoms with Crippen molar-refractivity contribution in [3.05, 3.63) is 45.9 Å². The molecule has 0 N–H and O–H groups in total. The maximum absolute atomic E-state index is 5.73. The Morgan fingerprint density at radius 2 is 2.05 bits per heavy atom. The van der Waals surface area contributed by atoms with E-state index in [1.54, 1.807) is 11.3 Å². The first kappa shape index (κ1) is 14.4. The molecule has 0 unspecified atom stereocenters. The molecule has 0 bridgehead atoms. The van der Waals surface area contributed by atoms with E-state index in [-0.39, 0.29) is 0 Å². The Hall–Kier alpha value is -1.06. The normalized spacial score (nSPS) is 10.6. The van der Waals surface area contributed by atoms with Gasteiger partial charge in [0.2, 0.25) is 0 Å². The predicted octanol–water partition coefficient (Wildman–Crippen LogP) is 4.46. The van der Waals surface area contributed by atoms with Gasteiger partial charge in [0, 0.05) is 11.8 Å². The van der Waals surface area contributed by atoms with Crippen LogP contribution in [0.4, 0.5) is 0 Å². The quantitative estimate of drug-likeness (QED) is 0.556. The number of aromatic nitrogens is 1. The van der Waals surface area contributed by atoms with Gasteiger partial charge in [-0.2, -0.15) is 0 Å². The summed E-state index contributed by atoms with van der Waals surface area (Å²) in [5.41, 5.74) is 2.31. The van der Waals surface area contributed by atoms with E-state index in [9.17, 15) is 0 Å². The lowest BCUT2D eigenvalue weighted by molar-refractivity contribution is 0.311. The summed E-state index contributed by atoms with van der Waals surface area (Å²) in [4.78, 5) is 4.43. The zero-order valence-electron chi connectivity index (χ0n) is 11.1. The average Bonchev–Trinajstić information content (AvgIpc) is 2.92. The van der Waals surface area contributed by atoms with Crippen LogP contribution in [0.5, 0.6) is 5.75 Å². The van der Waals surface area contributed by atoms with Crippen LogP contribution in [0, 0.1) is 0 Å². The summed E-state index contributed by atoms with van der Waals surface area (Å²) in [5.74, 6) is 1.44. The van der Waals surface area contributed by atoms with Crippen molar-refractivity contribution < 1.29 is 4.74 Å². The summed E-state index contributed by atoms with van der Waals surface area (Å²) >= 11 is 7.40. The predicted molar refractivity (Wildman–Crippen MR) is 81.3 cm³/mol. The maximum Gasteiger partial charge on any atom is 0.119 e. The largest absolute Gasteiger partial charge is 0.494 e. The summed E-state index contributed by atoms with van der Waals surface area (Å²) in [6, 6.07) is 8.30. The number of alkyl halides is 1. The van der Waals surface area contributed by atoms with Crippen molar-refractivity contribution in [1.29, 1.82) is 0 Å². The highest BCUT2D eigenvalue weighted by atomic mass is 35.5. The third-order valence-electron chi connectivity index (χ3n) is 2.87. The van der Waals surface area contributed by atoms with E-state index in [0.717, 1.165) is 42.3 Å². The van der Waals surface area contributed by atoms with Gasteiger partial charge >= 0.3 is 0 Å². The Kier molecular flexibility index (Phi) is 5.67. The maximum atomic E-state index is 5.73. The van der Waals surface area contributed by atoms with Gasteiger partial charge in [0.15, 0.2) is 0 Å². The number of rotatable bonds is 7. The van der Waals surface area contributed by atoms with Gasteiger partial charge < -0.3 is 4.74 Å². The number of halogens is 1. The Morgan fingerprint density at radius 1 is 1.26 bits per heavy atom. The van der Waals surface area contributed by atoms with Crippen LogP contribution >= 0.6 is 22.9 Å². The number of hydrogen-bond acceptors (Lipinski definition) is 3. The van der Waals surface area contributed by atoms with Crippen LogP contribution in [0.2, 0.25) is 0 Å². The van der Waals surface area contributed by atoms with E-state index in [1.807, 2.05) is 17.5 Å². The molecule has 2 rings (SSSR count). The number of ether oxygens (including phenoxy) is 1. The molecule has 0 spiro atoms. The Morgan fingerprint density at radius 3 is 2.68 bits per heavy atom. The lowest BCUT2D eigenvalue weighted by Crippen LogP contribution is -1.99. The van der Waals surface area contributed by atoms with Crippen molar-refractivity contribution in [2.24, 2.45) is 0 Å². The van der Waals surface area contributed by atoms with Crippen molar-refractivity contribution in [1.82, 2.24) is 4.98 Å². The second-order valence-corrected chi connectivity index (χ2v) is 5.53. The van der Waals surface area contributed by atoms with E-state index in [1.165, 1.54) is 5.56 Å². The van der Waals surface area contributed by atoms with Crippen molar-refractivity contribution in [3.63, 3.8) is 0 Å². The first-order valence-electron chi connectivity index (χ1n) is 6.52. The van der Waals surface area contributed by atoms with E-state index < -0.39 is 0 Å². The van der Waals surface area contributed by atoms with Crippen LogP contribution < -0.4 is 4.74 Å². The monoisotopic (exact) mass is 295 g/mol. The van der Waals surface area contributed by atoms with Crippen LogP contribution in [-0.2, 0) is 18.7 Å². The molecule has 0 radical (unpaired) electrons. The molecule has 0 aliphatic rings. The molecule has 0 amide bonds. The number of nitrogens with zero attached hydrogens (tertiary/aromatic N) is 1. The third-order valence-corrected chi connectivity index (χ3v) is 4.10. The van der Waals surface area contributed by atoms with Crippen LogP contribution in [0.15, 0.2) is 29.6 Å².